The lowest BCUT2D eigenvalue weighted by atomic mass is 9.48. The topological polar surface area (TPSA) is 68.0 Å². The maximum atomic E-state index is 13.6. The second-order valence-electron chi connectivity index (χ2n) is 12.1. The monoisotopic (exact) mass is 449 g/mol. The summed E-state index contributed by atoms with van der Waals surface area (Å²) in [5.41, 5.74) is 1.55. The van der Waals surface area contributed by atoms with Crippen molar-refractivity contribution in [3.8, 4) is 0 Å². The van der Waals surface area contributed by atoms with Crippen LogP contribution < -0.4 is 0 Å². The van der Waals surface area contributed by atoms with Crippen LogP contribution in [-0.2, 0) is 11.3 Å². The molecule has 0 bridgehead atoms. The summed E-state index contributed by atoms with van der Waals surface area (Å²) in [5, 5.41) is 19.5. The number of aliphatic hydroxyl groups is 1. The fourth-order valence-corrected chi connectivity index (χ4v) is 9.10. The fraction of sp³-hybridized carbons (Fsp3) is 0.750. The van der Waals surface area contributed by atoms with Gasteiger partial charge in [0.1, 0.15) is 12.1 Å². The molecule has 6 rings (SSSR count). The molecule has 1 aromatic heterocycles. The van der Waals surface area contributed by atoms with Gasteiger partial charge in [-0.15, -0.1) is 5.10 Å². The minimum Gasteiger partial charge on any atom is -0.390 e. The van der Waals surface area contributed by atoms with E-state index in [1.54, 1.807) is 0 Å². The predicted octanol–water partition coefficient (Wildman–Crippen LogP) is 5.41. The highest BCUT2D eigenvalue weighted by molar-refractivity contribution is 5.84. The standard InChI is InChI=1S/C28H39N3O2/c1-3-28(33)15-13-19-18(16-28)8-9-21-20(19)12-14-27(2)22(21)10-11-23(27)26(32)17-31-25-7-5-4-6-24(25)29-30-31/h4-7,18-23,33H,3,8-17H2,1-2H3/t18-,19?,20+,21+,22-,23+,27-,28+/m0/s1. The van der Waals surface area contributed by atoms with Crippen LogP contribution in [0.15, 0.2) is 24.3 Å². The molecule has 5 heteroatoms. The van der Waals surface area contributed by atoms with Crippen molar-refractivity contribution < 1.29 is 9.90 Å². The van der Waals surface area contributed by atoms with E-state index in [0.717, 1.165) is 54.5 Å². The van der Waals surface area contributed by atoms with E-state index in [-0.39, 0.29) is 11.3 Å². The van der Waals surface area contributed by atoms with Gasteiger partial charge >= 0.3 is 0 Å². The molecule has 1 N–H and O–H groups in total. The van der Waals surface area contributed by atoms with Crippen molar-refractivity contribution in [1.29, 1.82) is 0 Å². The molecule has 178 valence electrons. The van der Waals surface area contributed by atoms with E-state index in [9.17, 15) is 9.90 Å². The number of fused-ring (bicyclic) bond motifs is 6. The summed E-state index contributed by atoms with van der Waals surface area (Å²) in [5.74, 6) is 4.31. The van der Waals surface area contributed by atoms with Crippen LogP contribution in [-0.4, -0.2) is 31.5 Å². The molecule has 4 saturated carbocycles. The molecule has 1 unspecified atom stereocenters. The Morgan fingerprint density at radius 3 is 2.73 bits per heavy atom. The van der Waals surface area contributed by atoms with Gasteiger partial charge in [0.25, 0.3) is 0 Å². The first-order chi connectivity index (χ1) is 15.9. The van der Waals surface area contributed by atoms with Gasteiger partial charge in [0.2, 0.25) is 0 Å². The minimum absolute atomic E-state index is 0.139. The van der Waals surface area contributed by atoms with Gasteiger partial charge < -0.3 is 5.11 Å². The van der Waals surface area contributed by atoms with Crippen LogP contribution in [0.1, 0.15) is 78.1 Å². The van der Waals surface area contributed by atoms with Crippen LogP contribution in [0, 0.1) is 40.9 Å². The summed E-state index contributed by atoms with van der Waals surface area (Å²) in [6, 6.07) is 7.92. The molecule has 0 spiro atoms. The van der Waals surface area contributed by atoms with Gasteiger partial charge in [-0.3, -0.25) is 4.79 Å². The van der Waals surface area contributed by atoms with E-state index in [2.05, 4.69) is 24.2 Å². The van der Waals surface area contributed by atoms with Crippen LogP contribution in [0.4, 0.5) is 0 Å². The molecular weight excluding hydrogens is 410 g/mol. The Bertz CT molecular complexity index is 1050. The van der Waals surface area contributed by atoms with Gasteiger partial charge in [-0.05, 0) is 111 Å². The van der Waals surface area contributed by atoms with E-state index in [1.807, 2.05) is 28.9 Å². The van der Waals surface area contributed by atoms with E-state index in [4.69, 9.17) is 0 Å². The zero-order valence-electron chi connectivity index (χ0n) is 20.2. The maximum absolute atomic E-state index is 13.6. The van der Waals surface area contributed by atoms with Crippen LogP contribution in [0.3, 0.4) is 0 Å². The molecule has 33 heavy (non-hydrogen) atoms. The molecule has 8 atom stereocenters. The number of hydrogen-bond acceptors (Lipinski definition) is 4. The molecule has 1 aromatic carbocycles. The molecule has 0 amide bonds. The van der Waals surface area contributed by atoms with Crippen LogP contribution in [0.2, 0.25) is 0 Å². The Balaban J connectivity index is 1.19. The molecule has 5 nitrogen and oxygen atoms in total. The number of hydrogen-bond donors (Lipinski definition) is 1. The number of carbonyl (C=O) groups excluding carboxylic acids is 1. The summed E-state index contributed by atoms with van der Waals surface area (Å²) in [6.07, 6.45) is 11.4. The molecule has 4 fully saturated rings. The summed E-state index contributed by atoms with van der Waals surface area (Å²) >= 11 is 0. The van der Waals surface area contributed by atoms with Crippen molar-refractivity contribution in [2.75, 3.05) is 0 Å². The number of para-hydroxylation sites is 1. The SMILES string of the molecule is CC[C@@]1(O)CCC2[C@@H](CC[C@@H]3[C@@H]2CC[C@]2(C)[C@@H](C(=O)Cn4nnc5ccccc54)CC[C@@H]32)C1. The number of benzene rings is 1. The zero-order chi connectivity index (χ0) is 22.8. The Labute approximate surface area is 197 Å². The quantitative estimate of drug-likeness (QED) is 0.678. The number of aromatic nitrogens is 3. The lowest BCUT2D eigenvalue weighted by Crippen LogP contribution is -2.51. The average Bonchev–Trinajstić information content (AvgIpc) is 3.39. The zero-order valence-corrected chi connectivity index (χ0v) is 20.2. The van der Waals surface area contributed by atoms with Crippen molar-refractivity contribution in [1.82, 2.24) is 15.0 Å². The second-order valence-corrected chi connectivity index (χ2v) is 12.1. The van der Waals surface area contributed by atoms with Gasteiger partial charge in [-0.2, -0.15) is 0 Å². The normalized spacial score (nSPS) is 42.5. The fourth-order valence-electron chi connectivity index (χ4n) is 9.10. The summed E-state index contributed by atoms with van der Waals surface area (Å²) in [6.45, 7) is 4.93. The maximum Gasteiger partial charge on any atom is 0.157 e. The van der Waals surface area contributed by atoms with E-state index < -0.39 is 5.60 Å². The van der Waals surface area contributed by atoms with Crippen LogP contribution in [0.5, 0.6) is 0 Å². The van der Waals surface area contributed by atoms with Crippen molar-refractivity contribution in [3.63, 3.8) is 0 Å². The molecule has 4 aliphatic carbocycles. The van der Waals surface area contributed by atoms with Gasteiger partial charge in [-0.1, -0.05) is 31.2 Å². The highest BCUT2D eigenvalue weighted by Gasteiger charge is 2.58. The average molecular weight is 450 g/mol. The highest BCUT2D eigenvalue weighted by Crippen LogP contribution is 2.64. The first-order valence-corrected chi connectivity index (χ1v) is 13.5. The first kappa shape index (κ1) is 21.8. The van der Waals surface area contributed by atoms with Crippen molar-refractivity contribution in [3.05, 3.63) is 24.3 Å². The van der Waals surface area contributed by atoms with E-state index >= 15 is 0 Å². The third kappa shape index (κ3) is 3.40. The van der Waals surface area contributed by atoms with Crippen molar-refractivity contribution in [2.45, 2.75) is 90.2 Å². The number of ketones is 1. The largest absolute Gasteiger partial charge is 0.390 e. The molecule has 1 heterocycles. The number of rotatable bonds is 4. The number of carbonyl (C=O) groups is 1. The summed E-state index contributed by atoms with van der Waals surface area (Å²) in [4.78, 5) is 13.6. The Morgan fingerprint density at radius 2 is 1.88 bits per heavy atom. The van der Waals surface area contributed by atoms with Crippen molar-refractivity contribution >= 4 is 16.8 Å². The summed E-state index contributed by atoms with van der Waals surface area (Å²) in [7, 11) is 0. The molecule has 2 aromatic rings. The minimum atomic E-state index is -0.409. The van der Waals surface area contributed by atoms with E-state index in [0.29, 0.717) is 24.2 Å². The number of Topliss-reactive ketones (excluding diaryl/α,β-unsaturated/α-hetero) is 1. The van der Waals surface area contributed by atoms with Crippen molar-refractivity contribution in [2.24, 2.45) is 40.9 Å². The van der Waals surface area contributed by atoms with Gasteiger partial charge in [-0.25, -0.2) is 4.68 Å². The third-order valence-corrected chi connectivity index (χ3v) is 10.9. The highest BCUT2D eigenvalue weighted by atomic mass is 16.3. The Hall–Kier alpha value is -1.75. The molecule has 0 saturated heterocycles. The molecule has 0 radical (unpaired) electrons. The predicted molar refractivity (Wildman–Crippen MR) is 128 cm³/mol. The lowest BCUT2D eigenvalue weighted by molar-refractivity contribution is -0.133. The molecule has 0 aliphatic heterocycles. The second kappa shape index (κ2) is 7.90. The lowest BCUT2D eigenvalue weighted by Gasteiger charge is -2.57. The van der Waals surface area contributed by atoms with Gasteiger partial charge in [0.05, 0.1) is 11.1 Å². The smallest absolute Gasteiger partial charge is 0.157 e. The van der Waals surface area contributed by atoms with Crippen LogP contribution >= 0.6 is 0 Å². The van der Waals surface area contributed by atoms with Gasteiger partial charge in [0, 0.05) is 5.92 Å². The Morgan fingerprint density at radius 1 is 1.06 bits per heavy atom. The van der Waals surface area contributed by atoms with E-state index in [1.165, 1.54) is 38.5 Å². The number of nitrogens with zero attached hydrogens (tertiary/aromatic N) is 3. The Kier molecular flexibility index (Phi) is 5.21. The summed E-state index contributed by atoms with van der Waals surface area (Å²) < 4.78 is 1.81. The third-order valence-electron chi connectivity index (χ3n) is 10.9. The van der Waals surface area contributed by atoms with Gasteiger partial charge in [0.15, 0.2) is 5.78 Å². The molecular formula is C28H39N3O2. The first-order valence-electron chi connectivity index (χ1n) is 13.5. The molecule has 4 aliphatic rings. The van der Waals surface area contributed by atoms with Crippen LogP contribution in [0.25, 0.3) is 11.0 Å².